The van der Waals surface area contributed by atoms with Crippen molar-refractivity contribution in [3.8, 4) is 12.0 Å². The lowest BCUT2D eigenvalue weighted by molar-refractivity contribution is 0.193. The Hall–Kier alpha value is -1.17. The highest BCUT2D eigenvalue weighted by Crippen LogP contribution is 1.71. The van der Waals surface area contributed by atoms with Gasteiger partial charge in [0.05, 0.1) is 0 Å². The number of hydrogen-bond donors (Lipinski definition) is 1. The molecule has 0 atom stereocenters. The standard InChI is InChI=1S/C6H8NO2/c1-3-5-9-6(8)7-4-2/h2,4H2,1H3,(H,7,8). The van der Waals surface area contributed by atoms with Gasteiger partial charge < -0.3 is 10.1 Å². The summed E-state index contributed by atoms with van der Waals surface area (Å²) in [7, 11) is 0. The maximum absolute atomic E-state index is 10.3. The van der Waals surface area contributed by atoms with Crippen molar-refractivity contribution in [3.05, 3.63) is 6.92 Å². The highest BCUT2D eigenvalue weighted by Gasteiger charge is 1.92. The van der Waals surface area contributed by atoms with Crippen LogP contribution in [0.5, 0.6) is 0 Å². The monoisotopic (exact) mass is 126 g/mol. The van der Waals surface area contributed by atoms with Crippen molar-refractivity contribution >= 4 is 6.09 Å². The van der Waals surface area contributed by atoms with E-state index in [1.807, 2.05) is 0 Å². The fraction of sp³-hybridized carbons (Fsp3) is 0.333. The van der Waals surface area contributed by atoms with Crippen LogP contribution in [-0.2, 0) is 4.74 Å². The van der Waals surface area contributed by atoms with E-state index in [0.717, 1.165) is 0 Å². The van der Waals surface area contributed by atoms with E-state index in [9.17, 15) is 4.79 Å². The summed E-state index contributed by atoms with van der Waals surface area (Å²) in [4.78, 5) is 10.3. The molecule has 0 aliphatic rings. The van der Waals surface area contributed by atoms with Gasteiger partial charge in [-0.25, -0.2) is 4.79 Å². The predicted octanol–water partition coefficient (Wildman–Crippen LogP) is 0.527. The van der Waals surface area contributed by atoms with Crippen molar-refractivity contribution in [3.63, 3.8) is 0 Å². The molecule has 0 heterocycles. The van der Waals surface area contributed by atoms with Gasteiger partial charge >= 0.3 is 6.09 Å². The zero-order valence-electron chi connectivity index (χ0n) is 5.23. The van der Waals surface area contributed by atoms with E-state index in [0.29, 0.717) is 6.54 Å². The number of amides is 1. The molecule has 1 radical (unpaired) electrons. The molecule has 0 aliphatic carbocycles. The van der Waals surface area contributed by atoms with Crippen LogP contribution in [-0.4, -0.2) is 12.6 Å². The van der Waals surface area contributed by atoms with Crippen LogP contribution in [0.3, 0.4) is 0 Å². The Bertz CT molecular complexity index is 143. The molecule has 0 bridgehead atoms. The van der Waals surface area contributed by atoms with Crippen molar-refractivity contribution < 1.29 is 9.53 Å². The SMILES string of the molecule is [CH2]CNC(=O)OC#CC. The summed E-state index contributed by atoms with van der Waals surface area (Å²) in [5.74, 6) is 2.40. The Morgan fingerprint density at radius 3 is 3.00 bits per heavy atom. The largest absolute Gasteiger partial charge is 0.421 e. The second-order valence-electron chi connectivity index (χ2n) is 1.17. The van der Waals surface area contributed by atoms with Crippen LogP contribution in [0.4, 0.5) is 4.79 Å². The molecule has 0 saturated carbocycles. The number of carbonyl (C=O) groups is 1. The van der Waals surface area contributed by atoms with Crippen molar-refractivity contribution in [2.75, 3.05) is 6.54 Å². The van der Waals surface area contributed by atoms with Gasteiger partial charge in [-0.3, -0.25) is 0 Å². The van der Waals surface area contributed by atoms with Gasteiger partial charge in [0.2, 0.25) is 0 Å². The van der Waals surface area contributed by atoms with Crippen LogP contribution < -0.4 is 5.32 Å². The van der Waals surface area contributed by atoms with Gasteiger partial charge in [-0.15, -0.1) is 0 Å². The first-order valence-electron chi connectivity index (χ1n) is 2.47. The molecule has 0 aromatic heterocycles. The third-order valence-electron chi connectivity index (χ3n) is 0.515. The topological polar surface area (TPSA) is 38.3 Å². The molecule has 1 N–H and O–H groups in total. The number of rotatable bonds is 1. The average Bonchev–Trinajstić information content (AvgIpc) is 1.85. The molecule has 1 amide bonds. The maximum Gasteiger partial charge on any atom is 0.421 e. The smallest absolute Gasteiger partial charge is 0.356 e. The number of ether oxygens (including phenoxy) is 1. The molecule has 49 valence electrons. The summed E-state index contributed by atoms with van der Waals surface area (Å²) >= 11 is 0. The quantitative estimate of drug-likeness (QED) is 0.520. The van der Waals surface area contributed by atoms with E-state index >= 15 is 0 Å². The van der Waals surface area contributed by atoms with Gasteiger partial charge in [-0.2, -0.15) is 0 Å². The van der Waals surface area contributed by atoms with Crippen molar-refractivity contribution in [2.45, 2.75) is 6.92 Å². The Labute approximate surface area is 54.4 Å². The molecule has 0 aliphatic heterocycles. The molecular formula is C6H8NO2. The Balaban J connectivity index is 3.35. The maximum atomic E-state index is 10.3. The molecule has 3 nitrogen and oxygen atoms in total. The first-order valence-corrected chi connectivity index (χ1v) is 2.47. The summed E-state index contributed by atoms with van der Waals surface area (Å²) in [5.41, 5.74) is 0. The van der Waals surface area contributed by atoms with Crippen molar-refractivity contribution in [2.24, 2.45) is 0 Å². The van der Waals surface area contributed by atoms with Gasteiger partial charge in [-0.1, -0.05) is 5.92 Å². The normalized spacial score (nSPS) is 6.89. The van der Waals surface area contributed by atoms with E-state index in [-0.39, 0.29) is 0 Å². The fourth-order valence-corrected chi connectivity index (χ4v) is 0.236. The Kier molecular flexibility index (Phi) is 4.33. The zero-order chi connectivity index (χ0) is 7.11. The molecule has 0 unspecified atom stereocenters. The number of alkyl carbamates (subject to hydrolysis) is 1. The van der Waals surface area contributed by atoms with E-state index in [4.69, 9.17) is 0 Å². The summed E-state index contributed by atoms with van der Waals surface area (Å²) in [6, 6.07) is 0. The van der Waals surface area contributed by atoms with E-state index in [1.165, 1.54) is 0 Å². The Morgan fingerprint density at radius 2 is 2.56 bits per heavy atom. The van der Waals surface area contributed by atoms with Gasteiger partial charge in [0.1, 0.15) is 6.11 Å². The van der Waals surface area contributed by atoms with Gasteiger partial charge in [-0.05, 0) is 6.92 Å². The van der Waals surface area contributed by atoms with Crippen LogP contribution in [0.15, 0.2) is 0 Å². The molecule has 9 heavy (non-hydrogen) atoms. The van der Waals surface area contributed by atoms with E-state index in [2.05, 4.69) is 29.0 Å². The number of carbonyl (C=O) groups excluding carboxylic acids is 1. The first kappa shape index (κ1) is 7.83. The minimum Gasteiger partial charge on any atom is -0.356 e. The lowest BCUT2D eigenvalue weighted by Crippen LogP contribution is -2.21. The third kappa shape index (κ3) is 4.69. The zero-order valence-corrected chi connectivity index (χ0v) is 5.23. The lowest BCUT2D eigenvalue weighted by atomic mass is 10.7. The lowest BCUT2D eigenvalue weighted by Gasteiger charge is -1.93. The summed E-state index contributed by atoms with van der Waals surface area (Å²) < 4.78 is 4.28. The van der Waals surface area contributed by atoms with Crippen molar-refractivity contribution in [1.82, 2.24) is 5.32 Å². The predicted molar refractivity (Wildman–Crippen MR) is 33.3 cm³/mol. The molecule has 0 fully saturated rings. The second-order valence-corrected chi connectivity index (χ2v) is 1.17. The van der Waals surface area contributed by atoms with Gasteiger partial charge in [0.15, 0.2) is 0 Å². The molecule has 0 aromatic rings. The van der Waals surface area contributed by atoms with Crippen LogP contribution in [0.25, 0.3) is 0 Å². The molecule has 0 aromatic carbocycles. The van der Waals surface area contributed by atoms with Crippen LogP contribution in [0.2, 0.25) is 0 Å². The van der Waals surface area contributed by atoms with Crippen LogP contribution >= 0.6 is 0 Å². The van der Waals surface area contributed by atoms with E-state index in [1.54, 1.807) is 6.92 Å². The summed E-state index contributed by atoms with van der Waals surface area (Å²) in [6.07, 6.45) is 1.59. The van der Waals surface area contributed by atoms with E-state index < -0.39 is 6.09 Å². The van der Waals surface area contributed by atoms with Crippen LogP contribution in [0, 0.1) is 19.0 Å². The molecule has 3 heteroatoms. The summed E-state index contributed by atoms with van der Waals surface area (Å²) in [6.45, 7) is 5.26. The third-order valence-corrected chi connectivity index (χ3v) is 0.515. The molecule has 0 saturated heterocycles. The second kappa shape index (κ2) is 4.98. The van der Waals surface area contributed by atoms with Gasteiger partial charge in [0.25, 0.3) is 0 Å². The number of hydrogen-bond acceptors (Lipinski definition) is 2. The number of nitrogens with one attached hydrogen (secondary N) is 1. The van der Waals surface area contributed by atoms with Gasteiger partial charge in [0, 0.05) is 13.5 Å². The highest BCUT2D eigenvalue weighted by molar-refractivity contribution is 5.68. The fourth-order valence-electron chi connectivity index (χ4n) is 0.236. The van der Waals surface area contributed by atoms with Crippen molar-refractivity contribution in [1.29, 1.82) is 0 Å². The minimum atomic E-state index is -0.556. The molecular weight excluding hydrogens is 118 g/mol. The van der Waals surface area contributed by atoms with Crippen LogP contribution in [0.1, 0.15) is 6.92 Å². The first-order chi connectivity index (χ1) is 4.31. The molecule has 0 rings (SSSR count). The minimum absolute atomic E-state index is 0.310. The highest BCUT2D eigenvalue weighted by atomic mass is 16.5. The average molecular weight is 126 g/mol. The molecule has 0 spiro atoms. The summed E-state index contributed by atoms with van der Waals surface area (Å²) in [5, 5.41) is 2.31. The Morgan fingerprint density at radius 1 is 1.89 bits per heavy atom.